The van der Waals surface area contributed by atoms with Crippen LogP contribution in [-0.4, -0.2) is 47.2 Å². The van der Waals surface area contributed by atoms with Crippen LogP contribution < -0.4 is 11.3 Å². The Morgan fingerprint density at radius 2 is 2.20 bits per heavy atom. The molecule has 0 aromatic carbocycles. The number of hydrogen-bond acceptors (Lipinski definition) is 4. The standard InChI is InChI=1S/C13H19N3O3S/c1-15-5-3-10(9-12(15)17)13(18)16(7-8-19-2)6-4-11(14)20/h3,5,9H,4,6-8H2,1-2H3,(H2,14,20). The van der Waals surface area contributed by atoms with Crippen molar-refractivity contribution in [2.45, 2.75) is 6.42 Å². The predicted molar refractivity (Wildman–Crippen MR) is 80.9 cm³/mol. The molecule has 1 rings (SSSR count). The molecule has 0 aliphatic rings. The monoisotopic (exact) mass is 297 g/mol. The van der Waals surface area contributed by atoms with Gasteiger partial charge in [-0.15, -0.1) is 0 Å². The number of aryl methyl sites for hydroxylation is 1. The molecule has 0 aliphatic carbocycles. The largest absolute Gasteiger partial charge is 0.393 e. The van der Waals surface area contributed by atoms with E-state index in [-0.39, 0.29) is 11.5 Å². The lowest BCUT2D eigenvalue weighted by atomic mass is 10.2. The molecule has 0 saturated carbocycles. The number of amides is 1. The highest BCUT2D eigenvalue weighted by Crippen LogP contribution is 2.04. The average Bonchev–Trinajstić information content (AvgIpc) is 2.41. The number of ether oxygens (including phenoxy) is 1. The zero-order valence-corrected chi connectivity index (χ0v) is 12.5. The lowest BCUT2D eigenvalue weighted by Gasteiger charge is -2.22. The summed E-state index contributed by atoms with van der Waals surface area (Å²) in [6.07, 6.45) is 2.01. The highest BCUT2D eigenvalue weighted by molar-refractivity contribution is 7.80. The number of carbonyl (C=O) groups is 1. The number of carbonyl (C=O) groups excluding carboxylic acids is 1. The zero-order valence-electron chi connectivity index (χ0n) is 11.7. The van der Waals surface area contributed by atoms with Crippen molar-refractivity contribution in [2.24, 2.45) is 12.8 Å². The van der Waals surface area contributed by atoms with Crippen LogP contribution in [0.3, 0.4) is 0 Å². The van der Waals surface area contributed by atoms with Crippen molar-refractivity contribution in [3.63, 3.8) is 0 Å². The second-order valence-electron chi connectivity index (χ2n) is 4.37. The van der Waals surface area contributed by atoms with Gasteiger partial charge in [-0.2, -0.15) is 0 Å². The summed E-state index contributed by atoms with van der Waals surface area (Å²) in [4.78, 5) is 25.9. The van der Waals surface area contributed by atoms with E-state index in [0.29, 0.717) is 36.7 Å². The summed E-state index contributed by atoms with van der Waals surface area (Å²) in [7, 11) is 3.20. The normalized spacial score (nSPS) is 10.3. The molecule has 2 N–H and O–H groups in total. The maximum Gasteiger partial charge on any atom is 0.254 e. The van der Waals surface area contributed by atoms with Crippen LogP contribution in [0.1, 0.15) is 16.8 Å². The van der Waals surface area contributed by atoms with Crippen molar-refractivity contribution in [1.82, 2.24) is 9.47 Å². The minimum atomic E-state index is -0.226. The fraction of sp³-hybridized carbons (Fsp3) is 0.462. The van der Waals surface area contributed by atoms with Crippen molar-refractivity contribution >= 4 is 23.1 Å². The fourth-order valence-corrected chi connectivity index (χ4v) is 1.72. The van der Waals surface area contributed by atoms with E-state index in [1.54, 1.807) is 31.3 Å². The molecule has 1 amide bonds. The van der Waals surface area contributed by atoms with Crippen LogP contribution in [-0.2, 0) is 11.8 Å². The Hall–Kier alpha value is -1.73. The van der Waals surface area contributed by atoms with Crippen LogP contribution in [0.25, 0.3) is 0 Å². The maximum atomic E-state index is 12.4. The van der Waals surface area contributed by atoms with E-state index in [0.717, 1.165) is 0 Å². The highest BCUT2D eigenvalue weighted by Gasteiger charge is 2.16. The minimum Gasteiger partial charge on any atom is -0.393 e. The molecule has 0 aliphatic heterocycles. The first-order valence-electron chi connectivity index (χ1n) is 6.19. The van der Waals surface area contributed by atoms with Crippen molar-refractivity contribution in [3.05, 3.63) is 34.2 Å². The third kappa shape index (κ3) is 4.75. The summed E-state index contributed by atoms with van der Waals surface area (Å²) in [5, 5.41) is 0. The topological polar surface area (TPSA) is 77.6 Å². The third-order valence-corrected chi connectivity index (χ3v) is 3.04. The van der Waals surface area contributed by atoms with Crippen LogP contribution in [0.4, 0.5) is 0 Å². The van der Waals surface area contributed by atoms with Gasteiger partial charge in [-0.05, 0) is 6.07 Å². The Labute approximate surface area is 123 Å². The molecule has 0 fully saturated rings. The molecule has 6 nitrogen and oxygen atoms in total. The number of thiocarbonyl (C=S) groups is 1. The first-order chi connectivity index (χ1) is 9.45. The Morgan fingerprint density at radius 3 is 2.75 bits per heavy atom. The van der Waals surface area contributed by atoms with E-state index >= 15 is 0 Å². The van der Waals surface area contributed by atoms with E-state index in [9.17, 15) is 9.59 Å². The van der Waals surface area contributed by atoms with Crippen molar-refractivity contribution < 1.29 is 9.53 Å². The van der Waals surface area contributed by atoms with Gasteiger partial charge < -0.3 is 19.9 Å². The summed E-state index contributed by atoms with van der Waals surface area (Å²) in [6, 6.07) is 2.94. The van der Waals surface area contributed by atoms with Gasteiger partial charge in [-0.3, -0.25) is 9.59 Å². The second-order valence-corrected chi connectivity index (χ2v) is 4.89. The highest BCUT2D eigenvalue weighted by atomic mass is 32.1. The van der Waals surface area contributed by atoms with Crippen molar-refractivity contribution in [3.8, 4) is 0 Å². The predicted octanol–water partition coefficient (Wildman–Crippen LogP) is 0.150. The van der Waals surface area contributed by atoms with Crippen LogP contribution in [0.2, 0.25) is 0 Å². The molecule has 0 radical (unpaired) electrons. The molecule has 20 heavy (non-hydrogen) atoms. The zero-order chi connectivity index (χ0) is 15.1. The van der Waals surface area contributed by atoms with Gasteiger partial charge in [0.25, 0.3) is 11.5 Å². The molecule has 0 spiro atoms. The van der Waals surface area contributed by atoms with E-state index in [2.05, 4.69) is 0 Å². The molecular weight excluding hydrogens is 278 g/mol. The SMILES string of the molecule is COCCN(CCC(N)=S)C(=O)c1ccn(C)c(=O)c1. The van der Waals surface area contributed by atoms with E-state index in [4.69, 9.17) is 22.7 Å². The van der Waals surface area contributed by atoms with Gasteiger partial charge in [-0.25, -0.2) is 0 Å². The van der Waals surface area contributed by atoms with E-state index in [1.807, 2.05) is 0 Å². The molecule has 1 aromatic heterocycles. The number of pyridine rings is 1. The summed E-state index contributed by atoms with van der Waals surface area (Å²) in [5.74, 6) is -0.226. The quantitative estimate of drug-likeness (QED) is 0.725. The number of nitrogens with two attached hydrogens (primary N) is 1. The van der Waals surface area contributed by atoms with Crippen LogP contribution in [0.5, 0.6) is 0 Å². The minimum absolute atomic E-state index is 0.225. The number of nitrogens with zero attached hydrogens (tertiary/aromatic N) is 2. The van der Waals surface area contributed by atoms with Gasteiger partial charge in [0.2, 0.25) is 0 Å². The lowest BCUT2D eigenvalue weighted by Crippen LogP contribution is -2.37. The molecule has 7 heteroatoms. The fourth-order valence-electron chi connectivity index (χ4n) is 1.63. The Bertz CT molecular complexity index is 542. The van der Waals surface area contributed by atoms with Gasteiger partial charge >= 0.3 is 0 Å². The van der Waals surface area contributed by atoms with Crippen LogP contribution >= 0.6 is 12.2 Å². The van der Waals surface area contributed by atoms with Gasteiger partial charge in [0.05, 0.1) is 11.6 Å². The second kappa shape index (κ2) is 7.76. The molecular formula is C13H19N3O3S. The number of aromatic nitrogens is 1. The average molecular weight is 297 g/mol. The maximum absolute atomic E-state index is 12.4. The van der Waals surface area contributed by atoms with E-state index in [1.165, 1.54) is 10.6 Å². The first kappa shape index (κ1) is 16.3. The molecule has 0 saturated heterocycles. The molecule has 0 bridgehead atoms. The van der Waals surface area contributed by atoms with Crippen molar-refractivity contribution in [1.29, 1.82) is 0 Å². The van der Waals surface area contributed by atoms with E-state index < -0.39 is 0 Å². The van der Waals surface area contributed by atoms with Gasteiger partial charge in [0.1, 0.15) is 0 Å². The molecule has 0 atom stereocenters. The molecule has 110 valence electrons. The molecule has 1 aromatic rings. The van der Waals surface area contributed by atoms with Gasteiger partial charge in [0, 0.05) is 51.5 Å². The Morgan fingerprint density at radius 1 is 1.50 bits per heavy atom. The molecule has 1 heterocycles. The smallest absolute Gasteiger partial charge is 0.254 e. The number of rotatable bonds is 7. The summed E-state index contributed by atoms with van der Waals surface area (Å²) >= 11 is 4.82. The first-order valence-corrected chi connectivity index (χ1v) is 6.59. The Kier molecular flexibility index (Phi) is 6.33. The lowest BCUT2D eigenvalue weighted by molar-refractivity contribution is 0.0701. The van der Waals surface area contributed by atoms with Crippen LogP contribution in [0, 0.1) is 0 Å². The summed E-state index contributed by atoms with van der Waals surface area (Å²) in [5.41, 5.74) is 5.59. The summed E-state index contributed by atoms with van der Waals surface area (Å²) < 4.78 is 6.39. The van der Waals surface area contributed by atoms with Crippen LogP contribution in [0.15, 0.2) is 23.1 Å². The number of hydrogen-bond donors (Lipinski definition) is 1. The van der Waals surface area contributed by atoms with Crippen molar-refractivity contribution in [2.75, 3.05) is 26.8 Å². The third-order valence-electron chi connectivity index (χ3n) is 2.83. The Balaban J connectivity index is 2.87. The number of methoxy groups -OCH3 is 1. The van der Waals surface area contributed by atoms with Gasteiger partial charge in [0.15, 0.2) is 0 Å². The van der Waals surface area contributed by atoms with Gasteiger partial charge in [-0.1, -0.05) is 12.2 Å². The summed E-state index contributed by atoms with van der Waals surface area (Å²) in [6.45, 7) is 1.24. The molecule has 0 unspecified atom stereocenters.